The van der Waals surface area contributed by atoms with Crippen molar-refractivity contribution in [3.05, 3.63) is 40.7 Å². The molecule has 0 aliphatic carbocycles. The summed E-state index contributed by atoms with van der Waals surface area (Å²) in [7, 11) is 5.39. The number of guanidine groups is 1. The van der Waals surface area contributed by atoms with Gasteiger partial charge < -0.3 is 20.3 Å². The third-order valence-corrected chi connectivity index (χ3v) is 4.75. The van der Waals surface area contributed by atoms with Gasteiger partial charge in [0.2, 0.25) is 0 Å². The van der Waals surface area contributed by atoms with Gasteiger partial charge in [-0.1, -0.05) is 6.07 Å². The molecular weight excluding hydrogens is 480 g/mol. The van der Waals surface area contributed by atoms with E-state index in [0.29, 0.717) is 12.5 Å². The Morgan fingerprint density at radius 1 is 1.41 bits per heavy atom. The van der Waals surface area contributed by atoms with E-state index in [9.17, 15) is 4.39 Å². The van der Waals surface area contributed by atoms with Gasteiger partial charge in [0.25, 0.3) is 0 Å². The molecule has 0 aliphatic rings. The largest absolute Gasteiger partial charge is 0.494 e. The van der Waals surface area contributed by atoms with Crippen molar-refractivity contribution in [3.8, 4) is 5.75 Å². The van der Waals surface area contributed by atoms with Gasteiger partial charge in [-0.25, -0.2) is 14.4 Å². The summed E-state index contributed by atoms with van der Waals surface area (Å²) in [6, 6.07) is 4.84. The number of hydrogen-bond acceptors (Lipinski definition) is 5. The molecule has 2 N–H and O–H groups in total. The van der Waals surface area contributed by atoms with Gasteiger partial charge in [-0.3, -0.25) is 0 Å². The van der Waals surface area contributed by atoms with Gasteiger partial charge in [0.05, 0.1) is 25.4 Å². The maximum atomic E-state index is 13.9. The first-order valence-electron chi connectivity index (χ1n) is 8.44. The number of ether oxygens (including phenoxy) is 1. The number of anilines is 1. The monoisotopic (exact) mass is 507 g/mol. The molecule has 0 radical (unpaired) electrons. The zero-order valence-corrected chi connectivity index (χ0v) is 19.4. The maximum Gasteiger partial charge on any atom is 0.192 e. The van der Waals surface area contributed by atoms with Crippen molar-refractivity contribution >= 4 is 46.4 Å². The first kappa shape index (κ1) is 23.4. The number of halogens is 2. The van der Waals surface area contributed by atoms with Crippen LogP contribution in [0.1, 0.15) is 31.1 Å². The summed E-state index contributed by atoms with van der Waals surface area (Å²) in [4.78, 5) is 11.1. The van der Waals surface area contributed by atoms with Crippen molar-refractivity contribution in [3.63, 3.8) is 0 Å². The van der Waals surface area contributed by atoms with Crippen molar-refractivity contribution in [1.29, 1.82) is 0 Å². The van der Waals surface area contributed by atoms with Crippen molar-refractivity contribution in [2.24, 2.45) is 4.99 Å². The van der Waals surface area contributed by atoms with Crippen LogP contribution in [0.15, 0.2) is 28.6 Å². The fourth-order valence-electron chi connectivity index (χ4n) is 2.29. The molecule has 2 rings (SSSR count). The van der Waals surface area contributed by atoms with Crippen LogP contribution in [0, 0.1) is 5.82 Å². The highest BCUT2D eigenvalue weighted by Crippen LogP contribution is 2.22. The fraction of sp³-hybridized carbons (Fsp3) is 0.444. The predicted octanol–water partition coefficient (Wildman–Crippen LogP) is 3.79. The fourth-order valence-corrected chi connectivity index (χ4v) is 3.04. The molecular formula is C18H27FIN5OS. The van der Waals surface area contributed by atoms with Crippen LogP contribution in [0.3, 0.4) is 0 Å². The molecule has 150 valence electrons. The molecule has 27 heavy (non-hydrogen) atoms. The van der Waals surface area contributed by atoms with Gasteiger partial charge >= 0.3 is 0 Å². The van der Waals surface area contributed by atoms with Crippen LogP contribution >= 0.6 is 35.3 Å². The van der Waals surface area contributed by atoms with E-state index in [1.54, 1.807) is 17.4 Å². The minimum absolute atomic E-state index is 0. The van der Waals surface area contributed by atoms with Crippen LogP contribution < -0.4 is 20.3 Å². The minimum Gasteiger partial charge on any atom is -0.494 e. The second kappa shape index (κ2) is 11.3. The lowest BCUT2D eigenvalue weighted by atomic mass is 10.1. The first-order chi connectivity index (χ1) is 12.4. The van der Waals surface area contributed by atoms with E-state index in [2.05, 4.69) is 20.6 Å². The molecule has 0 aliphatic heterocycles. The maximum absolute atomic E-state index is 13.9. The Balaban J connectivity index is 0.00000364. The van der Waals surface area contributed by atoms with E-state index in [-0.39, 0.29) is 41.6 Å². The summed E-state index contributed by atoms with van der Waals surface area (Å²) in [6.45, 7) is 5.17. The summed E-state index contributed by atoms with van der Waals surface area (Å²) >= 11 is 1.59. The van der Waals surface area contributed by atoms with E-state index >= 15 is 0 Å². The first-order valence-corrected chi connectivity index (χ1v) is 9.32. The Bertz CT molecular complexity index is 753. The van der Waals surface area contributed by atoms with Gasteiger partial charge in [0, 0.05) is 26.0 Å². The molecule has 2 aromatic rings. The summed E-state index contributed by atoms with van der Waals surface area (Å²) in [6.07, 6.45) is 0. The standard InChI is InChI=1S/C18H26FN5OS.HI/c1-6-20-17(21-10-14-11-26-18(23-14)24(3)4)22-12(2)13-7-8-16(25-5)15(19)9-13;/h7-9,11-12H,6,10H2,1-5H3,(H2,20,21,22);1H. The number of nitrogens with one attached hydrogen (secondary N) is 2. The molecule has 0 spiro atoms. The molecule has 0 bridgehead atoms. The Morgan fingerprint density at radius 2 is 2.15 bits per heavy atom. The van der Waals surface area contributed by atoms with Gasteiger partial charge in [-0.05, 0) is 31.5 Å². The van der Waals surface area contributed by atoms with Crippen LogP contribution in [0.4, 0.5) is 9.52 Å². The molecule has 0 saturated carbocycles. The van der Waals surface area contributed by atoms with E-state index in [1.807, 2.05) is 44.3 Å². The van der Waals surface area contributed by atoms with Crippen molar-refractivity contribution in [2.45, 2.75) is 26.4 Å². The summed E-state index contributed by atoms with van der Waals surface area (Å²) in [5.41, 5.74) is 1.73. The molecule has 1 aromatic carbocycles. The molecule has 1 atom stereocenters. The molecule has 0 amide bonds. The number of nitrogens with zero attached hydrogens (tertiary/aromatic N) is 3. The van der Waals surface area contributed by atoms with Crippen LogP contribution in [-0.4, -0.2) is 38.7 Å². The predicted molar refractivity (Wildman–Crippen MR) is 121 cm³/mol. The highest BCUT2D eigenvalue weighted by Gasteiger charge is 2.11. The van der Waals surface area contributed by atoms with E-state index in [4.69, 9.17) is 4.74 Å². The third kappa shape index (κ3) is 6.80. The van der Waals surface area contributed by atoms with Crippen LogP contribution in [0.5, 0.6) is 5.75 Å². The highest BCUT2D eigenvalue weighted by atomic mass is 127. The number of benzene rings is 1. The average molecular weight is 507 g/mol. The van der Waals surface area contributed by atoms with Crippen molar-refractivity contribution in [2.75, 3.05) is 32.6 Å². The average Bonchev–Trinajstić information content (AvgIpc) is 3.09. The van der Waals surface area contributed by atoms with Gasteiger partial charge in [-0.2, -0.15) is 0 Å². The molecule has 9 heteroatoms. The Labute approximate surface area is 181 Å². The topological polar surface area (TPSA) is 61.8 Å². The second-order valence-corrected chi connectivity index (χ2v) is 6.81. The van der Waals surface area contributed by atoms with Crippen LogP contribution in [-0.2, 0) is 6.54 Å². The summed E-state index contributed by atoms with van der Waals surface area (Å²) < 4.78 is 18.9. The Kier molecular flexibility index (Phi) is 9.78. The lowest BCUT2D eigenvalue weighted by Gasteiger charge is -2.18. The van der Waals surface area contributed by atoms with E-state index in [0.717, 1.165) is 22.9 Å². The summed E-state index contributed by atoms with van der Waals surface area (Å²) in [5, 5.41) is 9.46. The zero-order valence-electron chi connectivity index (χ0n) is 16.2. The Morgan fingerprint density at radius 3 is 2.70 bits per heavy atom. The molecule has 6 nitrogen and oxygen atoms in total. The quantitative estimate of drug-likeness (QED) is 0.339. The highest BCUT2D eigenvalue weighted by molar-refractivity contribution is 14.0. The molecule has 0 fully saturated rings. The van der Waals surface area contributed by atoms with Gasteiger partial charge in [0.1, 0.15) is 0 Å². The number of hydrogen-bond donors (Lipinski definition) is 2. The minimum atomic E-state index is -0.376. The lowest BCUT2D eigenvalue weighted by molar-refractivity contribution is 0.386. The van der Waals surface area contributed by atoms with E-state index in [1.165, 1.54) is 13.2 Å². The molecule has 1 heterocycles. The van der Waals surface area contributed by atoms with Gasteiger partial charge in [-0.15, -0.1) is 35.3 Å². The number of methoxy groups -OCH3 is 1. The second-order valence-electron chi connectivity index (χ2n) is 5.97. The van der Waals surface area contributed by atoms with Gasteiger partial charge in [0.15, 0.2) is 22.7 Å². The van der Waals surface area contributed by atoms with Crippen LogP contribution in [0.2, 0.25) is 0 Å². The summed E-state index contributed by atoms with van der Waals surface area (Å²) in [5.74, 6) is 0.525. The zero-order chi connectivity index (χ0) is 19.1. The number of rotatable bonds is 7. The van der Waals surface area contributed by atoms with E-state index < -0.39 is 0 Å². The SMILES string of the molecule is CCNC(=NCc1csc(N(C)C)n1)NC(C)c1ccc(OC)c(F)c1.I. The smallest absolute Gasteiger partial charge is 0.192 e. The molecule has 1 aromatic heterocycles. The Hall–Kier alpha value is -1.62. The molecule has 0 saturated heterocycles. The molecule has 1 unspecified atom stereocenters. The lowest BCUT2D eigenvalue weighted by Crippen LogP contribution is -2.38. The van der Waals surface area contributed by atoms with Crippen LogP contribution in [0.25, 0.3) is 0 Å². The number of thiazole rings is 1. The number of aromatic nitrogens is 1. The number of aliphatic imine (C=N–C) groups is 1. The third-order valence-electron chi connectivity index (χ3n) is 3.69. The van der Waals surface area contributed by atoms with Crippen molar-refractivity contribution < 1.29 is 9.13 Å². The van der Waals surface area contributed by atoms with Crippen molar-refractivity contribution in [1.82, 2.24) is 15.6 Å². The normalized spacial score (nSPS) is 12.1.